The Balaban J connectivity index is 1.47. The van der Waals surface area contributed by atoms with E-state index in [9.17, 15) is 5.11 Å². The highest BCUT2D eigenvalue weighted by Gasteiger charge is 2.27. The number of nitrogens with one attached hydrogen (secondary N) is 1. The number of nitrogens with zero attached hydrogens (tertiary/aromatic N) is 6. The van der Waals surface area contributed by atoms with Gasteiger partial charge in [-0.15, -0.1) is 5.10 Å². The van der Waals surface area contributed by atoms with Gasteiger partial charge in [0, 0.05) is 24.9 Å². The lowest BCUT2D eigenvalue weighted by molar-refractivity contribution is 0.265. The fraction of sp³-hybridized carbons (Fsp3) is 0.348. The number of anilines is 3. The molecule has 0 saturated carbocycles. The number of fused-ring (bicyclic) bond motifs is 1. The maximum Gasteiger partial charge on any atom is 0.245 e. The zero-order chi connectivity index (χ0) is 23.7. The molecule has 1 fully saturated rings. The van der Waals surface area contributed by atoms with E-state index in [-0.39, 0.29) is 12.6 Å². The molecule has 1 saturated heterocycles. The third-order valence-electron chi connectivity index (χ3n) is 6.00. The van der Waals surface area contributed by atoms with Crippen molar-refractivity contribution in [3.63, 3.8) is 0 Å². The van der Waals surface area contributed by atoms with Gasteiger partial charge in [0.05, 0.1) is 45.9 Å². The lowest BCUT2D eigenvalue weighted by atomic mass is 10.2. The Morgan fingerprint density at radius 1 is 1.15 bits per heavy atom. The fourth-order valence-corrected chi connectivity index (χ4v) is 4.29. The number of methoxy groups -OCH3 is 3. The van der Waals surface area contributed by atoms with E-state index in [4.69, 9.17) is 19.2 Å². The van der Waals surface area contributed by atoms with E-state index < -0.39 is 0 Å². The van der Waals surface area contributed by atoms with Gasteiger partial charge < -0.3 is 34.1 Å². The molecule has 5 rings (SSSR count). The molecule has 178 valence electrons. The van der Waals surface area contributed by atoms with E-state index in [0.717, 1.165) is 30.6 Å². The number of aromatic nitrogens is 5. The number of ether oxygens (including phenoxy) is 3. The molecule has 11 heteroatoms. The van der Waals surface area contributed by atoms with Crippen LogP contribution < -0.4 is 24.4 Å². The Bertz CT molecular complexity index is 1280. The monoisotopic (exact) mass is 465 g/mol. The molecule has 0 unspecified atom stereocenters. The second-order valence-corrected chi connectivity index (χ2v) is 7.95. The Morgan fingerprint density at radius 2 is 1.94 bits per heavy atom. The molecule has 0 aliphatic carbocycles. The Labute approximate surface area is 196 Å². The predicted octanol–water partition coefficient (Wildman–Crippen LogP) is 2.65. The summed E-state index contributed by atoms with van der Waals surface area (Å²) in [6.07, 6.45) is 7.35. The van der Waals surface area contributed by atoms with Crippen LogP contribution in [0.3, 0.4) is 0 Å². The standard InChI is InChI=1S/C23H27N7O4/c1-32-18-10-16(11-19(33-2)21(18)34-3)28-12-20(24-14-28)25-22-17-7-5-9-30(17)27-23(26-22)29-8-4-6-15(29)13-31/h5,7,9-12,14-15,31H,4,6,8,13H2,1-3H3,(H,25,26,27)/t15-/m0/s1. The van der Waals surface area contributed by atoms with Crippen LogP contribution in [-0.4, -0.2) is 69.8 Å². The first-order valence-electron chi connectivity index (χ1n) is 11.0. The van der Waals surface area contributed by atoms with Gasteiger partial charge in [-0.1, -0.05) is 0 Å². The third kappa shape index (κ3) is 3.83. The van der Waals surface area contributed by atoms with Crippen LogP contribution >= 0.6 is 0 Å². The van der Waals surface area contributed by atoms with Crippen molar-refractivity contribution in [1.29, 1.82) is 0 Å². The number of aliphatic hydroxyl groups excluding tert-OH is 1. The predicted molar refractivity (Wildman–Crippen MR) is 127 cm³/mol. The highest BCUT2D eigenvalue weighted by Crippen LogP contribution is 2.39. The van der Waals surface area contributed by atoms with Crippen molar-refractivity contribution < 1.29 is 19.3 Å². The average Bonchev–Trinajstić information content (AvgIpc) is 3.63. The van der Waals surface area contributed by atoms with E-state index in [2.05, 4.69) is 20.3 Å². The molecule has 34 heavy (non-hydrogen) atoms. The van der Waals surface area contributed by atoms with Crippen LogP contribution in [0, 0.1) is 0 Å². The maximum atomic E-state index is 9.74. The van der Waals surface area contributed by atoms with Gasteiger partial charge in [-0.05, 0) is 25.0 Å². The van der Waals surface area contributed by atoms with Crippen LogP contribution in [0.2, 0.25) is 0 Å². The summed E-state index contributed by atoms with van der Waals surface area (Å²) in [4.78, 5) is 11.3. The van der Waals surface area contributed by atoms with Gasteiger partial charge in [-0.25, -0.2) is 9.50 Å². The van der Waals surface area contributed by atoms with E-state index in [1.807, 2.05) is 41.2 Å². The van der Waals surface area contributed by atoms with E-state index in [1.54, 1.807) is 32.2 Å². The molecule has 0 bridgehead atoms. The topological polar surface area (TPSA) is 111 Å². The van der Waals surface area contributed by atoms with Crippen molar-refractivity contribution in [1.82, 2.24) is 24.1 Å². The summed E-state index contributed by atoms with van der Waals surface area (Å²) in [6.45, 7) is 0.891. The molecular weight excluding hydrogens is 438 g/mol. The first-order valence-corrected chi connectivity index (χ1v) is 11.0. The number of aliphatic hydroxyl groups is 1. The van der Waals surface area contributed by atoms with E-state index in [1.165, 1.54) is 0 Å². The summed E-state index contributed by atoms with van der Waals surface area (Å²) >= 11 is 0. The molecule has 11 nitrogen and oxygen atoms in total. The molecule has 2 N–H and O–H groups in total. The van der Waals surface area contributed by atoms with Crippen LogP contribution in [-0.2, 0) is 0 Å². The molecule has 3 aromatic heterocycles. The summed E-state index contributed by atoms with van der Waals surface area (Å²) < 4.78 is 20.0. The summed E-state index contributed by atoms with van der Waals surface area (Å²) in [5, 5.41) is 17.7. The normalized spacial score (nSPS) is 15.6. The second-order valence-electron chi connectivity index (χ2n) is 7.95. The number of rotatable bonds is 8. The lowest BCUT2D eigenvalue weighted by Crippen LogP contribution is -2.34. The fourth-order valence-electron chi connectivity index (χ4n) is 4.29. The van der Waals surface area contributed by atoms with Gasteiger partial charge in [-0.2, -0.15) is 4.98 Å². The van der Waals surface area contributed by atoms with Crippen LogP contribution in [0.25, 0.3) is 11.2 Å². The highest BCUT2D eigenvalue weighted by atomic mass is 16.5. The van der Waals surface area contributed by atoms with Crippen molar-refractivity contribution in [2.24, 2.45) is 0 Å². The summed E-state index contributed by atoms with van der Waals surface area (Å²) in [5.74, 6) is 3.46. The first-order chi connectivity index (χ1) is 16.6. The molecule has 1 aliphatic heterocycles. The molecule has 0 spiro atoms. The van der Waals surface area contributed by atoms with Gasteiger partial charge >= 0.3 is 0 Å². The van der Waals surface area contributed by atoms with E-state index >= 15 is 0 Å². The Morgan fingerprint density at radius 3 is 2.65 bits per heavy atom. The molecule has 0 amide bonds. The zero-order valence-corrected chi connectivity index (χ0v) is 19.3. The minimum Gasteiger partial charge on any atom is -0.493 e. The van der Waals surface area contributed by atoms with Crippen LogP contribution in [0.15, 0.2) is 43.0 Å². The Kier molecular flexibility index (Phi) is 5.84. The minimum absolute atomic E-state index is 0.0279. The maximum absolute atomic E-state index is 9.74. The molecule has 0 radical (unpaired) electrons. The van der Waals surface area contributed by atoms with Gasteiger partial charge in [0.1, 0.15) is 17.7 Å². The first kappa shape index (κ1) is 21.8. The average molecular weight is 466 g/mol. The lowest BCUT2D eigenvalue weighted by Gasteiger charge is -2.23. The second kappa shape index (κ2) is 9.10. The summed E-state index contributed by atoms with van der Waals surface area (Å²) in [5.41, 5.74) is 1.62. The number of imidazole rings is 1. The van der Waals surface area contributed by atoms with Crippen LogP contribution in [0.4, 0.5) is 17.6 Å². The van der Waals surface area contributed by atoms with Crippen LogP contribution in [0.5, 0.6) is 17.2 Å². The molecule has 4 aromatic rings. The summed E-state index contributed by atoms with van der Waals surface area (Å²) in [6, 6.07) is 7.59. The smallest absolute Gasteiger partial charge is 0.245 e. The highest BCUT2D eigenvalue weighted by molar-refractivity contribution is 5.73. The van der Waals surface area contributed by atoms with Crippen molar-refractivity contribution in [3.8, 4) is 22.9 Å². The van der Waals surface area contributed by atoms with Crippen molar-refractivity contribution in [2.75, 3.05) is 44.7 Å². The quantitative estimate of drug-likeness (QED) is 0.406. The van der Waals surface area contributed by atoms with Crippen molar-refractivity contribution in [3.05, 3.63) is 43.0 Å². The number of benzene rings is 1. The van der Waals surface area contributed by atoms with Crippen molar-refractivity contribution in [2.45, 2.75) is 18.9 Å². The van der Waals surface area contributed by atoms with E-state index in [0.29, 0.717) is 34.8 Å². The van der Waals surface area contributed by atoms with Gasteiger partial charge in [0.25, 0.3) is 0 Å². The van der Waals surface area contributed by atoms with Crippen LogP contribution in [0.1, 0.15) is 12.8 Å². The largest absolute Gasteiger partial charge is 0.493 e. The number of hydrogen-bond acceptors (Lipinski definition) is 9. The zero-order valence-electron chi connectivity index (χ0n) is 19.3. The van der Waals surface area contributed by atoms with Gasteiger partial charge in [0.15, 0.2) is 17.3 Å². The third-order valence-corrected chi connectivity index (χ3v) is 6.00. The van der Waals surface area contributed by atoms with Gasteiger partial charge in [0.2, 0.25) is 11.7 Å². The summed E-state index contributed by atoms with van der Waals surface area (Å²) in [7, 11) is 4.74. The SMILES string of the molecule is COc1cc(-n2cnc(Nc3nc(N4CCC[C@H]4CO)nn4cccc34)c2)cc(OC)c1OC. The molecule has 1 atom stereocenters. The molecular formula is C23H27N7O4. The molecule has 1 aliphatic rings. The molecule has 1 aromatic carbocycles. The Hall–Kier alpha value is -3.99. The number of hydrogen-bond donors (Lipinski definition) is 2. The minimum atomic E-state index is 0.0279. The van der Waals surface area contributed by atoms with Crippen molar-refractivity contribution >= 4 is 23.1 Å². The van der Waals surface area contributed by atoms with Gasteiger partial charge in [-0.3, -0.25) is 0 Å². The molecule has 4 heterocycles.